The Hall–Kier alpha value is -2.79. The first-order valence-electron chi connectivity index (χ1n) is 9.52. The van der Waals surface area contributed by atoms with Crippen molar-refractivity contribution in [1.29, 1.82) is 5.26 Å². The van der Waals surface area contributed by atoms with Gasteiger partial charge in [-0.3, -0.25) is 9.69 Å². The molecular weight excluding hydrogens is 384 g/mol. The number of nitrogens with zero attached hydrogens (tertiary/aromatic N) is 3. The topological polar surface area (TPSA) is 79.6 Å². The van der Waals surface area contributed by atoms with Crippen molar-refractivity contribution in [3.8, 4) is 6.07 Å². The first-order chi connectivity index (χ1) is 14.2. The van der Waals surface area contributed by atoms with E-state index in [0.717, 1.165) is 36.0 Å². The van der Waals surface area contributed by atoms with Crippen LogP contribution in [0.15, 0.2) is 76.2 Å². The molecule has 1 heterocycles. The molecule has 2 aromatic rings. The van der Waals surface area contributed by atoms with Gasteiger partial charge in [0.2, 0.25) is 0 Å². The van der Waals surface area contributed by atoms with E-state index in [4.69, 9.17) is 5.11 Å². The van der Waals surface area contributed by atoms with E-state index in [1.54, 1.807) is 18.0 Å². The van der Waals surface area contributed by atoms with Gasteiger partial charge in [0.05, 0.1) is 12.3 Å². The summed E-state index contributed by atoms with van der Waals surface area (Å²) >= 11 is 1.56. The summed E-state index contributed by atoms with van der Waals surface area (Å²) in [6.07, 6.45) is 1.64. The number of anilines is 1. The molecule has 1 saturated heterocycles. The second-order valence-electron chi connectivity index (χ2n) is 6.62. The molecule has 0 bridgehead atoms. The minimum atomic E-state index is -0.411. The standard InChI is InChI=1S/C22H24N4O2S/c23-16-18(17-26-12-10-25(11-13-26)14-15-27)22(28)24-20-8-4-5-9-21(20)29-19-6-2-1-3-7-19/h1-9,17,27H,10-15H2,(H,24,28)/b18-17-. The fourth-order valence-corrected chi connectivity index (χ4v) is 3.97. The van der Waals surface area contributed by atoms with Crippen LogP contribution in [0.5, 0.6) is 0 Å². The molecule has 1 aliphatic rings. The maximum Gasteiger partial charge on any atom is 0.267 e. The van der Waals surface area contributed by atoms with E-state index in [9.17, 15) is 10.1 Å². The Labute approximate surface area is 175 Å². The molecule has 1 amide bonds. The van der Waals surface area contributed by atoms with E-state index in [-0.39, 0.29) is 12.2 Å². The fourth-order valence-electron chi connectivity index (χ4n) is 3.04. The van der Waals surface area contributed by atoms with Crippen molar-refractivity contribution in [2.75, 3.05) is 44.6 Å². The molecule has 2 aromatic carbocycles. The van der Waals surface area contributed by atoms with Crippen molar-refractivity contribution in [2.45, 2.75) is 9.79 Å². The van der Waals surface area contributed by atoms with E-state index in [0.29, 0.717) is 12.2 Å². The number of hydrogen-bond acceptors (Lipinski definition) is 6. The molecule has 0 saturated carbocycles. The van der Waals surface area contributed by atoms with Crippen molar-refractivity contribution in [3.63, 3.8) is 0 Å². The first-order valence-corrected chi connectivity index (χ1v) is 10.3. The molecule has 0 unspecified atom stereocenters. The van der Waals surface area contributed by atoms with Crippen LogP contribution < -0.4 is 5.32 Å². The third-order valence-corrected chi connectivity index (χ3v) is 5.69. The van der Waals surface area contributed by atoms with Gasteiger partial charge in [0.25, 0.3) is 5.91 Å². The molecule has 3 rings (SSSR count). The van der Waals surface area contributed by atoms with E-state index >= 15 is 0 Å². The maximum absolute atomic E-state index is 12.7. The molecule has 1 aliphatic heterocycles. The molecule has 0 spiro atoms. The predicted octanol–water partition coefficient (Wildman–Crippen LogP) is 2.79. The summed E-state index contributed by atoms with van der Waals surface area (Å²) in [7, 11) is 0. The highest BCUT2D eigenvalue weighted by atomic mass is 32.2. The average Bonchev–Trinajstić information content (AvgIpc) is 2.75. The van der Waals surface area contributed by atoms with Crippen LogP contribution in [-0.2, 0) is 4.79 Å². The number of aliphatic hydroxyl groups is 1. The molecule has 29 heavy (non-hydrogen) atoms. The van der Waals surface area contributed by atoms with Gasteiger partial charge in [0.1, 0.15) is 11.6 Å². The summed E-state index contributed by atoms with van der Waals surface area (Å²) in [4.78, 5) is 18.8. The van der Waals surface area contributed by atoms with Gasteiger partial charge in [-0.05, 0) is 24.3 Å². The molecule has 150 valence electrons. The summed E-state index contributed by atoms with van der Waals surface area (Å²) in [5, 5.41) is 21.4. The van der Waals surface area contributed by atoms with E-state index in [1.807, 2.05) is 65.6 Å². The zero-order valence-corrected chi connectivity index (χ0v) is 16.9. The number of hydrogen-bond donors (Lipinski definition) is 2. The largest absolute Gasteiger partial charge is 0.395 e. The van der Waals surface area contributed by atoms with Gasteiger partial charge in [-0.1, -0.05) is 42.1 Å². The minimum absolute atomic E-state index is 0.0834. The summed E-state index contributed by atoms with van der Waals surface area (Å²) in [5.74, 6) is -0.411. The Balaban J connectivity index is 1.67. The highest BCUT2D eigenvalue weighted by molar-refractivity contribution is 7.99. The Kier molecular flexibility index (Phi) is 7.70. The molecule has 0 aromatic heterocycles. The lowest BCUT2D eigenvalue weighted by molar-refractivity contribution is -0.112. The predicted molar refractivity (Wildman–Crippen MR) is 114 cm³/mol. The van der Waals surface area contributed by atoms with Crippen LogP contribution in [0.25, 0.3) is 0 Å². The molecule has 7 heteroatoms. The molecule has 0 atom stereocenters. The molecule has 0 aliphatic carbocycles. The summed E-state index contributed by atoms with van der Waals surface area (Å²) in [6.45, 7) is 3.83. The zero-order valence-electron chi connectivity index (χ0n) is 16.1. The lowest BCUT2D eigenvalue weighted by Gasteiger charge is -2.33. The number of carbonyl (C=O) groups excluding carboxylic acids is 1. The van der Waals surface area contributed by atoms with Gasteiger partial charge in [0, 0.05) is 48.7 Å². The number of amides is 1. The van der Waals surface area contributed by atoms with Crippen LogP contribution >= 0.6 is 11.8 Å². The van der Waals surface area contributed by atoms with Gasteiger partial charge in [0.15, 0.2) is 0 Å². The van der Waals surface area contributed by atoms with Crippen molar-refractivity contribution in [2.24, 2.45) is 0 Å². The number of nitrogens with one attached hydrogen (secondary N) is 1. The highest BCUT2D eigenvalue weighted by Gasteiger charge is 2.17. The molecular formula is C22H24N4O2S. The fraction of sp³-hybridized carbons (Fsp3) is 0.273. The molecule has 2 N–H and O–H groups in total. The van der Waals surface area contributed by atoms with Gasteiger partial charge in [-0.15, -0.1) is 0 Å². The van der Waals surface area contributed by atoms with E-state index in [1.165, 1.54) is 0 Å². The maximum atomic E-state index is 12.7. The van der Waals surface area contributed by atoms with Crippen LogP contribution in [0.3, 0.4) is 0 Å². The Morgan fingerprint density at radius 2 is 1.79 bits per heavy atom. The van der Waals surface area contributed by atoms with Gasteiger partial charge >= 0.3 is 0 Å². The monoisotopic (exact) mass is 408 g/mol. The average molecular weight is 409 g/mol. The third-order valence-electron chi connectivity index (χ3n) is 4.61. The van der Waals surface area contributed by atoms with Gasteiger partial charge in [-0.25, -0.2) is 0 Å². The van der Waals surface area contributed by atoms with Gasteiger partial charge in [-0.2, -0.15) is 5.26 Å². The number of para-hydroxylation sites is 1. The number of rotatable bonds is 7. The zero-order chi connectivity index (χ0) is 20.5. The third kappa shape index (κ3) is 6.09. The molecule has 0 radical (unpaired) electrons. The van der Waals surface area contributed by atoms with Crippen molar-refractivity contribution in [1.82, 2.24) is 9.80 Å². The summed E-state index contributed by atoms with van der Waals surface area (Å²) in [5.41, 5.74) is 0.764. The highest BCUT2D eigenvalue weighted by Crippen LogP contribution is 2.33. The van der Waals surface area contributed by atoms with Crippen LogP contribution in [0.4, 0.5) is 5.69 Å². The van der Waals surface area contributed by atoms with Crippen LogP contribution in [0.2, 0.25) is 0 Å². The van der Waals surface area contributed by atoms with Crippen LogP contribution in [-0.4, -0.2) is 60.1 Å². The molecule has 1 fully saturated rings. The summed E-state index contributed by atoms with van der Waals surface area (Å²) < 4.78 is 0. The first kappa shape index (κ1) is 20.9. The minimum Gasteiger partial charge on any atom is -0.395 e. The number of piperazine rings is 1. The van der Waals surface area contributed by atoms with E-state index < -0.39 is 5.91 Å². The van der Waals surface area contributed by atoms with Crippen LogP contribution in [0, 0.1) is 11.3 Å². The normalized spacial score (nSPS) is 15.0. The quantitative estimate of drug-likeness (QED) is 0.542. The number of aliphatic hydroxyl groups excluding tert-OH is 1. The van der Waals surface area contributed by atoms with Gasteiger partial charge < -0.3 is 15.3 Å². The number of β-amino-alcohol motifs (C(OH)–C–C–N with tert-alkyl or cyclic N) is 1. The Morgan fingerprint density at radius 3 is 2.48 bits per heavy atom. The summed E-state index contributed by atoms with van der Waals surface area (Å²) in [6, 6.07) is 19.5. The number of benzene rings is 2. The Bertz CT molecular complexity index is 887. The second-order valence-corrected chi connectivity index (χ2v) is 7.74. The number of carbonyl (C=O) groups is 1. The van der Waals surface area contributed by atoms with Crippen molar-refractivity contribution >= 4 is 23.4 Å². The second kappa shape index (κ2) is 10.7. The SMILES string of the molecule is N#C/C(=C/N1CCN(CCO)CC1)C(=O)Nc1ccccc1Sc1ccccc1. The van der Waals surface area contributed by atoms with E-state index in [2.05, 4.69) is 10.2 Å². The smallest absolute Gasteiger partial charge is 0.267 e. The molecule has 6 nitrogen and oxygen atoms in total. The lowest BCUT2D eigenvalue weighted by atomic mass is 10.2. The number of nitriles is 1. The van der Waals surface area contributed by atoms with Crippen LogP contribution in [0.1, 0.15) is 0 Å². The van der Waals surface area contributed by atoms with Crippen molar-refractivity contribution < 1.29 is 9.90 Å². The Morgan fingerprint density at radius 1 is 1.10 bits per heavy atom. The lowest BCUT2D eigenvalue weighted by Crippen LogP contribution is -2.45. The van der Waals surface area contributed by atoms with Crippen molar-refractivity contribution in [3.05, 3.63) is 66.4 Å².